The van der Waals surface area contributed by atoms with Gasteiger partial charge in [-0.3, -0.25) is 0 Å². The molecule has 2 fully saturated rings. The van der Waals surface area contributed by atoms with Gasteiger partial charge in [0.15, 0.2) is 0 Å². The van der Waals surface area contributed by atoms with Crippen LogP contribution in [0.25, 0.3) is 0 Å². The third kappa shape index (κ3) is 2.40. The highest BCUT2D eigenvalue weighted by Gasteiger charge is 2.52. The van der Waals surface area contributed by atoms with E-state index in [9.17, 15) is 0 Å². The van der Waals surface area contributed by atoms with Crippen molar-refractivity contribution >= 4 is 24.0 Å². The Morgan fingerprint density at radius 3 is 2.42 bits per heavy atom. The summed E-state index contributed by atoms with van der Waals surface area (Å²) in [6.07, 6.45) is 0.136. The van der Waals surface area contributed by atoms with Crippen LogP contribution < -0.4 is 10.3 Å². The third-order valence-electron chi connectivity index (χ3n) is 3.87. The normalized spacial score (nSPS) is 25.4. The predicted molar refractivity (Wildman–Crippen MR) is 73.1 cm³/mol. The first-order chi connectivity index (χ1) is 8.87. The lowest BCUT2D eigenvalue weighted by atomic mass is 9.86. The number of thiazole rings is 1. The summed E-state index contributed by atoms with van der Waals surface area (Å²) < 4.78 is 22.6. The topological polar surface area (TPSA) is 49.8 Å². The van der Waals surface area contributed by atoms with Gasteiger partial charge in [-0.1, -0.05) is 11.3 Å². The summed E-state index contributed by atoms with van der Waals surface area (Å²) in [5, 5.41) is 2.58. The molecule has 19 heavy (non-hydrogen) atoms. The maximum atomic E-state index is 5.95. The molecule has 2 aliphatic rings. The average Bonchev–Trinajstić information content (AvgIpc) is 2.77. The second-order valence-corrected chi connectivity index (χ2v) is 6.72. The summed E-state index contributed by atoms with van der Waals surface area (Å²) in [5.41, 5.74) is 0.0905. The van der Waals surface area contributed by atoms with Crippen LogP contribution in [0.2, 0.25) is 0 Å². The van der Waals surface area contributed by atoms with Crippen molar-refractivity contribution in [2.75, 3.05) is 13.2 Å². The number of rotatable bonds is 3. The van der Waals surface area contributed by atoms with Crippen molar-refractivity contribution in [3.8, 4) is 5.19 Å². The molecular formula is C12H18BNO4S. The van der Waals surface area contributed by atoms with Gasteiger partial charge >= 0.3 is 7.12 Å². The molecule has 0 atom stereocenters. The lowest BCUT2D eigenvalue weighted by Gasteiger charge is -2.32. The van der Waals surface area contributed by atoms with Crippen LogP contribution in [-0.4, -0.2) is 42.6 Å². The molecule has 0 unspecified atom stereocenters. The van der Waals surface area contributed by atoms with Gasteiger partial charge in [-0.25, -0.2) is 4.98 Å². The molecule has 0 bridgehead atoms. The van der Waals surface area contributed by atoms with Crippen LogP contribution >= 0.6 is 11.3 Å². The SMILES string of the molecule is CC1(C)OB(c2csc(OC3COC3)n2)OC1(C)C. The number of nitrogens with zero attached hydrogens (tertiary/aromatic N) is 1. The number of hydrogen-bond acceptors (Lipinski definition) is 6. The smallest absolute Gasteiger partial charge is 0.462 e. The second-order valence-electron chi connectivity index (χ2n) is 5.90. The van der Waals surface area contributed by atoms with E-state index in [-0.39, 0.29) is 17.3 Å². The summed E-state index contributed by atoms with van der Waals surface area (Å²) in [6.45, 7) is 9.41. The van der Waals surface area contributed by atoms with Gasteiger partial charge in [0.25, 0.3) is 5.19 Å². The molecule has 0 aromatic carbocycles. The minimum atomic E-state index is -0.420. The predicted octanol–water partition coefficient (Wildman–Crippen LogP) is 1.22. The number of aromatic nitrogens is 1. The first kappa shape index (κ1) is 13.4. The minimum absolute atomic E-state index is 0.136. The van der Waals surface area contributed by atoms with Crippen LogP contribution in [0.3, 0.4) is 0 Å². The molecule has 0 saturated carbocycles. The molecule has 5 nitrogen and oxygen atoms in total. The van der Waals surface area contributed by atoms with Crippen LogP contribution in [0.1, 0.15) is 27.7 Å². The van der Waals surface area contributed by atoms with E-state index in [0.717, 1.165) is 5.59 Å². The Balaban J connectivity index is 1.70. The third-order valence-corrected chi connectivity index (χ3v) is 4.62. The molecule has 7 heteroatoms. The maximum Gasteiger partial charge on any atom is 0.515 e. The molecule has 3 heterocycles. The fraction of sp³-hybridized carbons (Fsp3) is 0.750. The molecule has 104 valence electrons. The summed E-state index contributed by atoms with van der Waals surface area (Å²) >= 11 is 1.47. The Morgan fingerprint density at radius 1 is 1.26 bits per heavy atom. The van der Waals surface area contributed by atoms with Crippen LogP contribution in [0.4, 0.5) is 0 Å². The number of hydrogen-bond donors (Lipinski definition) is 0. The lowest BCUT2D eigenvalue weighted by Crippen LogP contribution is -2.41. The monoisotopic (exact) mass is 283 g/mol. The maximum absolute atomic E-state index is 5.95. The van der Waals surface area contributed by atoms with Crippen molar-refractivity contribution in [2.45, 2.75) is 45.0 Å². The van der Waals surface area contributed by atoms with E-state index in [4.69, 9.17) is 18.8 Å². The lowest BCUT2D eigenvalue weighted by molar-refractivity contribution is -0.0796. The molecular weight excluding hydrogens is 265 g/mol. The zero-order valence-electron chi connectivity index (χ0n) is 11.6. The van der Waals surface area contributed by atoms with Crippen LogP contribution in [0.15, 0.2) is 5.38 Å². The van der Waals surface area contributed by atoms with Gasteiger partial charge in [-0.2, -0.15) is 0 Å². The van der Waals surface area contributed by atoms with E-state index in [1.54, 1.807) is 0 Å². The molecule has 0 spiro atoms. The molecule has 0 N–H and O–H groups in total. The molecule has 0 amide bonds. The van der Waals surface area contributed by atoms with Crippen molar-refractivity contribution in [3.63, 3.8) is 0 Å². The first-order valence-electron chi connectivity index (χ1n) is 6.43. The summed E-state index contributed by atoms with van der Waals surface area (Å²) in [7, 11) is -0.420. The largest absolute Gasteiger partial charge is 0.515 e. The van der Waals surface area contributed by atoms with Gasteiger partial charge in [0.2, 0.25) is 0 Å². The molecule has 0 aliphatic carbocycles. The molecule has 1 aromatic heterocycles. The van der Waals surface area contributed by atoms with Gasteiger partial charge in [-0.15, -0.1) is 0 Å². The first-order valence-corrected chi connectivity index (χ1v) is 7.31. The van der Waals surface area contributed by atoms with Crippen molar-refractivity contribution in [1.82, 2.24) is 4.98 Å². The second kappa shape index (κ2) is 4.44. The standard InChI is InChI=1S/C12H18BNO4S/c1-11(2)12(3,4)18-13(17-11)9-7-19-10(14-9)16-8-5-15-6-8/h7-8H,5-6H2,1-4H3. The number of ether oxygens (including phenoxy) is 2. The molecule has 1 aromatic rings. The Kier molecular flexibility index (Phi) is 3.13. The summed E-state index contributed by atoms with van der Waals surface area (Å²) in [4.78, 5) is 4.44. The van der Waals surface area contributed by atoms with Gasteiger partial charge in [0, 0.05) is 5.38 Å². The Morgan fingerprint density at radius 2 is 1.89 bits per heavy atom. The highest BCUT2D eigenvalue weighted by Crippen LogP contribution is 2.36. The van der Waals surface area contributed by atoms with E-state index >= 15 is 0 Å². The van der Waals surface area contributed by atoms with Crippen LogP contribution in [0.5, 0.6) is 5.19 Å². The van der Waals surface area contributed by atoms with E-state index in [1.807, 2.05) is 33.1 Å². The quantitative estimate of drug-likeness (QED) is 0.781. The van der Waals surface area contributed by atoms with Gasteiger partial charge < -0.3 is 18.8 Å². The van der Waals surface area contributed by atoms with Crippen molar-refractivity contribution in [3.05, 3.63) is 5.38 Å². The molecule has 2 saturated heterocycles. The Bertz CT molecular complexity index is 456. The van der Waals surface area contributed by atoms with Crippen LogP contribution in [0, 0.1) is 0 Å². The molecule has 0 radical (unpaired) electrons. The van der Waals surface area contributed by atoms with Crippen molar-refractivity contribution in [1.29, 1.82) is 0 Å². The zero-order valence-corrected chi connectivity index (χ0v) is 12.5. The molecule has 3 rings (SSSR count). The van der Waals surface area contributed by atoms with Crippen molar-refractivity contribution in [2.24, 2.45) is 0 Å². The zero-order chi connectivity index (χ0) is 13.7. The van der Waals surface area contributed by atoms with Gasteiger partial charge in [-0.05, 0) is 27.7 Å². The van der Waals surface area contributed by atoms with E-state index in [2.05, 4.69) is 4.98 Å². The van der Waals surface area contributed by atoms with Crippen molar-refractivity contribution < 1.29 is 18.8 Å². The van der Waals surface area contributed by atoms with E-state index < -0.39 is 7.12 Å². The van der Waals surface area contributed by atoms with Gasteiger partial charge in [0.1, 0.15) is 6.10 Å². The highest BCUT2D eigenvalue weighted by atomic mass is 32.1. The summed E-state index contributed by atoms with van der Waals surface area (Å²) in [5.74, 6) is 0. The van der Waals surface area contributed by atoms with E-state index in [1.165, 1.54) is 11.3 Å². The van der Waals surface area contributed by atoms with Gasteiger partial charge in [0.05, 0.1) is 30.0 Å². The summed E-state index contributed by atoms with van der Waals surface area (Å²) in [6, 6.07) is 0. The highest BCUT2D eigenvalue weighted by molar-refractivity contribution is 7.12. The Hall–Kier alpha value is -0.625. The van der Waals surface area contributed by atoms with E-state index in [0.29, 0.717) is 18.4 Å². The minimum Gasteiger partial charge on any atom is -0.462 e. The average molecular weight is 283 g/mol. The fourth-order valence-corrected chi connectivity index (χ4v) is 2.55. The van der Waals surface area contributed by atoms with Crippen LogP contribution in [-0.2, 0) is 14.0 Å². The fourth-order valence-electron chi connectivity index (χ4n) is 1.82. The Labute approximate surface area is 117 Å². The molecule has 2 aliphatic heterocycles.